The molecule has 3 rings (SSSR count). The van der Waals surface area contributed by atoms with E-state index in [2.05, 4.69) is 5.32 Å². The first-order chi connectivity index (χ1) is 12.4. The maximum absolute atomic E-state index is 12.7. The van der Waals surface area contributed by atoms with E-state index in [4.69, 9.17) is 4.74 Å². The van der Waals surface area contributed by atoms with Gasteiger partial charge >= 0.3 is 0 Å². The van der Waals surface area contributed by atoms with Gasteiger partial charge in [0.15, 0.2) is 0 Å². The zero-order chi connectivity index (χ0) is 18.7. The zero-order valence-corrected chi connectivity index (χ0v) is 15.7. The Labute approximate surface area is 153 Å². The minimum absolute atomic E-state index is 0.142. The highest BCUT2D eigenvalue weighted by atomic mass is 32.2. The summed E-state index contributed by atoms with van der Waals surface area (Å²) in [4.78, 5) is 12.8. The van der Waals surface area contributed by atoms with Crippen molar-refractivity contribution in [2.24, 2.45) is 0 Å². The van der Waals surface area contributed by atoms with Crippen LogP contribution >= 0.6 is 0 Å². The van der Waals surface area contributed by atoms with Crippen LogP contribution in [0.4, 0.5) is 5.69 Å². The highest BCUT2D eigenvalue weighted by molar-refractivity contribution is 7.89. The van der Waals surface area contributed by atoms with Gasteiger partial charge in [-0.1, -0.05) is 12.1 Å². The lowest BCUT2D eigenvalue weighted by Gasteiger charge is -2.16. The summed E-state index contributed by atoms with van der Waals surface area (Å²) in [7, 11) is -2.03. The molecule has 0 aromatic heterocycles. The average Bonchev–Trinajstić information content (AvgIpc) is 3.17. The molecule has 2 aromatic rings. The van der Waals surface area contributed by atoms with Crippen LogP contribution < -0.4 is 10.1 Å². The van der Waals surface area contributed by atoms with Crippen molar-refractivity contribution < 1.29 is 17.9 Å². The molecule has 1 amide bonds. The number of nitrogens with zero attached hydrogens (tertiary/aromatic N) is 1. The third kappa shape index (κ3) is 3.73. The highest BCUT2D eigenvalue weighted by Crippen LogP contribution is 2.26. The lowest BCUT2D eigenvalue weighted by Crippen LogP contribution is -2.28. The SMILES string of the molecule is COc1ccc(C)cc1NC(=O)c1cccc(S(=O)(=O)N2CCCC2)c1. The minimum Gasteiger partial charge on any atom is -0.495 e. The molecule has 0 aliphatic carbocycles. The summed E-state index contributed by atoms with van der Waals surface area (Å²) in [5.74, 6) is 0.164. The molecule has 0 radical (unpaired) electrons. The largest absolute Gasteiger partial charge is 0.495 e. The Morgan fingerprint density at radius 1 is 1.12 bits per heavy atom. The first-order valence-corrected chi connectivity index (χ1v) is 9.92. The molecule has 1 heterocycles. The Bertz CT molecular complexity index is 919. The number of methoxy groups -OCH3 is 1. The van der Waals surface area contributed by atoms with Crippen LogP contribution in [0.2, 0.25) is 0 Å². The lowest BCUT2D eigenvalue weighted by atomic mass is 10.1. The van der Waals surface area contributed by atoms with Crippen molar-refractivity contribution in [2.75, 3.05) is 25.5 Å². The normalized spacial score (nSPS) is 15.0. The van der Waals surface area contributed by atoms with Gasteiger partial charge in [-0.2, -0.15) is 4.31 Å². The Morgan fingerprint density at radius 3 is 2.54 bits per heavy atom. The Balaban J connectivity index is 1.86. The number of anilines is 1. The first-order valence-electron chi connectivity index (χ1n) is 8.48. The van der Waals surface area contributed by atoms with Crippen LogP contribution in [0.5, 0.6) is 5.75 Å². The van der Waals surface area contributed by atoms with E-state index in [1.807, 2.05) is 19.1 Å². The van der Waals surface area contributed by atoms with Gasteiger partial charge in [-0.25, -0.2) is 8.42 Å². The number of sulfonamides is 1. The molecule has 0 saturated carbocycles. The number of hydrogen-bond donors (Lipinski definition) is 1. The molecule has 1 N–H and O–H groups in total. The number of benzene rings is 2. The van der Waals surface area contributed by atoms with E-state index in [1.165, 1.54) is 23.5 Å². The molecule has 26 heavy (non-hydrogen) atoms. The third-order valence-electron chi connectivity index (χ3n) is 4.40. The van der Waals surface area contributed by atoms with Crippen molar-refractivity contribution in [1.82, 2.24) is 4.31 Å². The Kier molecular flexibility index (Phi) is 5.29. The first kappa shape index (κ1) is 18.4. The summed E-state index contributed by atoms with van der Waals surface area (Å²) in [6, 6.07) is 11.6. The maximum atomic E-state index is 12.7. The maximum Gasteiger partial charge on any atom is 0.255 e. The summed E-state index contributed by atoms with van der Waals surface area (Å²) >= 11 is 0. The van der Waals surface area contributed by atoms with Crippen molar-refractivity contribution in [3.05, 3.63) is 53.6 Å². The monoisotopic (exact) mass is 374 g/mol. The van der Waals surface area contributed by atoms with Gasteiger partial charge in [0.1, 0.15) is 5.75 Å². The minimum atomic E-state index is -3.56. The van der Waals surface area contributed by atoms with Crippen LogP contribution in [0.3, 0.4) is 0 Å². The average molecular weight is 374 g/mol. The number of carbonyl (C=O) groups is 1. The number of carbonyl (C=O) groups excluding carboxylic acids is 1. The smallest absolute Gasteiger partial charge is 0.255 e. The number of nitrogens with one attached hydrogen (secondary N) is 1. The van der Waals surface area contributed by atoms with Gasteiger partial charge in [0.2, 0.25) is 10.0 Å². The molecule has 138 valence electrons. The fourth-order valence-corrected chi connectivity index (χ4v) is 4.55. The van der Waals surface area contributed by atoms with E-state index in [0.717, 1.165) is 18.4 Å². The fraction of sp³-hybridized carbons (Fsp3) is 0.316. The molecular weight excluding hydrogens is 352 g/mol. The molecule has 0 spiro atoms. The van der Waals surface area contributed by atoms with Gasteiger partial charge in [0.25, 0.3) is 5.91 Å². The van der Waals surface area contributed by atoms with Crippen molar-refractivity contribution in [1.29, 1.82) is 0 Å². The summed E-state index contributed by atoms with van der Waals surface area (Å²) in [5, 5.41) is 2.79. The number of hydrogen-bond acceptors (Lipinski definition) is 4. The van der Waals surface area contributed by atoms with Crippen molar-refractivity contribution in [3.8, 4) is 5.75 Å². The second kappa shape index (κ2) is 7.47. The van der Waals surface area contributed by atoms with E-state index in [9.17, 15) is 13.2 Å². The molecule has 2 aromatic carbocycles. The summed E-state index contributed by atoms with van der Waals surface area (Å²) in [6.07, 6.45) is 1.74. The predicted molar refractivity (Wildman–Crippen MR) is 100 cm³/mol. The predicted octanol–water partition coefficient (Wildman–Crippen LogP) is 3.04. The molecule has 7 heteroatoms. The molecular formula is C19H22N2O4S. The Hall–Kier alpha value is -2.38. The molecule has 1 fully saturated rings. The quantitative estimate of drug-likeness (QED) is 0.873. The third-order valence-corrected chi connectivity index (χ3v) is 6.30. The summed E-state index contributed by atoms with van der Waals surface area (Å²) in [6.45, 7) is 2.97. The molecule has 0 atom stereocenters. The van der Waals surface area contributed by atoms with Gasteiger partial charge in [-0.3, -0.25) is 4.79 Å². The van der Waals surface area contributed by atoms with E-state index in [-0.39, 0.29) is 16.4 Å². The van der Waals surface area contributed by atoms with Gasteiger partial charge in [0.05, 0.1) is 17.7 Å². The second-order valence-corrected chi connectivity index (χ2v) is 8.23. The van der Waals surface area contributed by atoms with Crippen molar-refractivity contribution in [2.45, 2.75) is 24.7 Å². The second-order valence-electron chi connectivity index (χ2n) is 6.30. The van der Waals surface area contributed by atoms with Crippen LogP contribution in [0.25, 0.3) is 0 Å². The van der Waals surface area contributed by atoms with Crippen LogP contribution in [-0.4, -0.2) is 38.8 Å². The zero-order valence-electron chi connectivity index (χ0n) is 14.9. The highest BCUT2D eigenvalue weighted by Gasteiger charge is 2.27. The van der Waals surface area contributed by atoms with Gasteiger partial charge < -0.3 is 10.1 Å². The van der Waals surface area contributed by atoms with E-state index >= 15 is 0 Å². The van der Waals surface area contributed by atoms with E-state index in [0.29, 0.717) is 24.5 Å². The molecule has 0 unspecified atom stereocenters. The topological polar surface area (TPSA) is 75.7 Å². The number of amides is 1. The standard InChI is InChI=1S/C19H22N2O4S/c1-14-8-9-18(25-2)17(12-14)20-19(22)15-6-5-7-16(13-15)26(23,24)21-10-3-4-11-21/h5-9,12-13H,3-4,10-11H2,1-2H3,(H,20,22). The van der Waals surface area contributed by atoms with Crippen molar-refractivity contribution >= 4 is 21.6 Å². The number of ether oxygens (including phenoxy) is 1. The number of aryl methyl sites for hydroxylation is 1. The summed E-state index contributed by atoms with van der Waals surface area (Å²) in [5.41, 5.74) is 1.81. The van der Waals surface area contributed by atoms with E-state index < -0.39 is 10.0 Å². The molecule has 1 saturated heterocycles. The molecule has 6 nitrogen and oxygen atoms in total. The van der Waals surface area contributed by atoms with Crippen LogP contribution in [-0.2, 0) is 10.0 Å². The summed E-state index contributed by atoms with van der Waals surface area (Å²) < 4.78 is 32.1. The molecule has 0 bridgehead atoms. The Morgan fingerprint density at radius 2 is 1.85 bits per heavy atom. The van der Waals surface area contributed by atoms with Crippen LogP contribution in [0.15, 0.2) is 47.4 Å². The van der Waals surface area contributed by atoms with Crippen molar-refractivity contribution in [3.63, 3.8) is 0 Å². The van der Waals surface area contributed by atoms with Crippen LogP contribution in [0.1, 0.15) is 28.8 Å². The van der Waals surface area contributed by atoms with E-state index in [1.54, 1.807) is 18.2 Å². The fourth-order valence-electron chi connectivity index (χ4n) is 2.99. The number of rotatable bonds is 5. The van der Waals surface area contributed by atoms with Gasteiger partial charge in [0, 0.05) is 18.7 Å². The lowest BCUT2D eigenvalue weighted by molar-refractivity contribution is 0.102. The van der Waals surface area contributed by atoms with Gasteiger partial charge in [-0.05, 0) is 55.7 Å². The van der Waals surface area contributed by atoms with Gasteiger partial charge in [-0.15, -0.1) is 0 Å². The molecule has 1 aliphatic heterocycles. The van der Waals surface area contributed by atoms with Crippen LogP contribution in [0, 0.1) is 6.92 Å². The molecule has 1 aliphatic rings.